The van der Waals surface area contributed by atoms with Gasteiger partial charge in [0.15, 0.2) is 0 Å². The topological polar surface area (TPSA) is 212 Å². The number of aromatic nitrogens is 2. The summed E-state index contributed by atoms with van der Waals surface area (Å²) < 4.78 is 0. The molecule has 1 aliphatic heterocycles. The molecular formula is C44H54N8O6. The van der Waals surface area contributed by atoms with Gasteiger partial charge in [0.1, 0.15) is 11.6 Å². The molecule has 0 radical (unpaired) electrons. The van der Waals surface area contributed by atoms with Crippen molar-refractivity contribution in [3.8, 4) is 5.75 Å². The molecule has 0 spiro atoms. The van der Waals surface area contributed by atoms with Gasteiger partial charge >= 0.3 is 0 Å². The van der Waals surface area contributed by atoms with E-state index in [1.54, 1.807) is 12.1 Å². The quantitative estimate of drug-likeness (QED) is 0.105. The fourth-order valence-electron chi connectivity index (χ4n) is 6.39. The molecule has 2 unspecified atom stereocenters. The maximum absolute atomic E-state index is 13.0. The highest BCUT2D eigenvalue weighted by Gasteiger charge is 2.30. The van der Waals surface area contributed by atoms with Crippen LogP contribution < -0.4 is 27.0 Å². The van der Waals surface area contributed by atoms with Gasteiger partial charge in [-0.05, 0) is 91.3 Å². The monoisotopic (exact) mass is 790 g/mol. The standard InChI is InChI=1S/C21H26N2O2.C12H14N4O2.C11H14N2O2/c1-13-8-18(24)9-14(2)19(13)11-20(22)21(25)23-12-17-7-5-4-6-16(17)10-15(23)3;1-8(17)13-7-12(18)14-6-11-15-9-4-2-3-5-10(9)16-11;1-9(14)12-8-11(15)13-7-10-5-3-2-4-6-10/h4-9,15,20,24H,10-12,22H2,1-3H3;2-5H,6-7H2,1H3,(H,13,17)(H,14,18)(H,15,16);2-6H,7-8H2,1H3,(H,12,14)(H,13,15). The van der Waals surface area contributed by atoms with Crippen LogP contribution >= 0.6 is 0 Å². The zero-order valence-corrected chi connectivity index (χ0v) is 33.7. The minimum atomic E-state index is -0.574. The summed E-state index contributed by atoms with van der Waals surface area (Å²) in [7, 11) is 0. The Bertz CT molecular complexity index is 2130. The summed E-state index contributed by atoms with van der Waals surface area (Å²) in [5.41, 5.74) is 14.6. The minimum absolute atomic E-state index is 0.00567. The number of nitrogens with two attached hydrogens (primary N) is 1. The third-order valence-corrected chi connectivity index (χ3v) is 9.43. The summed E-state index contributed by atoms with van der Waals surface area (Å²) in [4.78, 5) is 66.0. The van der Waals surface area contributed by atoms with Crippen LogP contribution in [0.5, 0.6) is 5.75 Å². The number of aromatic amines is 1. The van der Waals surface area contributed by atoms with E-state index in [0.29, 0.717) is 31.9 Å². The van der Waals surface area contributed by atoms with Crippen LogP contribution in [-0.2, 0) is 56.4 Å². The predicted octanol–water partition coefficient (Wildman–Crippen LogP) is 3.61. The number of hydrogen-bond acceptors (Lipinski definition) is 8. The molecule has 2 heterocycles. The van der Waals surface area contributed by atoms with Crippen molar-refractivity contribution in [1.82, 2.24) is 36.1 Å². The lowest BCUT2D eigenvalue weighted by Crippen LogP contribution is -2.50. The molecule has 2 atom stereocenters. The molecule has 5 amide bonds. The predicted molar refractivity (Wildman–Crippen MR) is 223 cm³/mol. The minimum Gasteiger partial charge on any atom is -0.508 e. The van der Waals surface area contributed by atoms with Crippen LogP contribution in [0.1, 0.15) is 60.0 Å². The van der Waals surface area contributed by atoms with Crippen LogP contribution in [0.3, 0.4) is 0 Å². The Morgan fingerprint density at radius 1 is 0.793 bits per heavy atom. The molecule has 5 aromatic rings. The molecule has 306 valence electrons. The Morgan fingerprint density at radius 2 is 1.34 bits per heavy atom. The van der Waals surface area contributed by atoms with Crippen molar-refractivity contribution in [2.75, 3.05) is 13.1 Å². The molecule has 0 aliphatic carbocycles. The molecule has 6 rings (SSSR count). The van der Waals surface area contributed by atoms with Gasteiger partial charge in [0, 0.05) is 33.0 Å². The summed E-state index contributed by atoms with van der Waals surface area (Å²) in [6.07, 6.45) is 1.35. The number of fused-ring (bicyclic) bond motifs is 2. The van der Waals surface area contributed by atoms with Crippen molar-refractivity contribution < 1.29 is 29.1 Å². The highest BCUT2D eigenvalue weighted by Crippen LogP contribution is 2.26. The summed E-state index contributed by atoms with van der Waals surface area (Å²) in [6, 6.07) is 28.5. The summed E-state index contributed by atoms with van der Waals surface area (Å²) in [6.45, 7) is 10.1. The lowest BCUT2D eigenvalue weighted by Gasteiger charge is -2.36. The lowest BCUT2D eigenvalue weighted by molar-refractivity contribution is -0.135. The van der Waals surface area contributed by atoms with Crippen molar-refractivity contribution in [3.63, 3.8) is 0 Å². The van der Waals surface area contributed by atoms with Crippen molar-refractivity contribution in [2.45, 2.75) is 79.2 Å². The number of carbonyl (C=O) groups is 5. The molecule has 14 nitrogen and oxygen atoms in total. The third-order valence-electron chi connectivity index (χ3n) is 9.43. The molecule has 0 saturated heterocycles. The molecule has 0 fully saturated rings. The second-order valence-corrected chi connectivity index (χ2v) is 14.2. The zero-order chi connectivity index (χ0) is 42.2. The number of carbonyl (C=O) groups excluding carboxylic acids is 5. The Hall–Kier alpha value is -6.54. The average molecular weight is 791 g/mol. The average Bonchev–Trinajstić information content (AvgIpc) is 3.62. The summed E-state index contributed by atoms with van der Waals surface area (Å²) in [5.74, 6) is 0.0691. The number of rotatable bonds is 11. The molecule has 4 aromatic carbocycles. The van der Waals surface area contributed by atoms with Crippen LogP contribution in [0.25, 0.3) is 11.0 Å². The number of imidazole rings is 1. The number of para-hydroxylation sites is 2. The fourth-order valence-corrected chi connectivity index (χ4v) is 6.39. The first kappa shape index (κ1) is 44.2. The van der Waals surface area contributed by atoms with Crippen molar-refractivity contribution in [1.29, 1.82) is 0 Å². The van der Waals surface area contributed by atoms with E-state index in [4.69, 9.17) is 5.73 Å². The van der Waals surface area contributed by atoms with E-state index >= 15 is 0 Å². The smallest absolute Gasteiger partial charge is 0.240 e. The van der Waals surface area contributed by atoms with Gasteiger partial charge in [0.2, 0.25) is 29.5 Å². The van der Waals surface area contributed by atoms with Crippen LogP contribution in [0.2, 0.25) is 0 Å². The van der Waals surface area contributed by atoms with Crippen molar-refractivity contribution in [2.24, 2.45) is 5.73 Å². The first-order chi connectivity index (χ1) is 27.7. The van der Waals surface area contributed by atoms with Gasteiger partial charge in [-0.25, -0.2) is 4.98 Å². The largest absolute Gasteiger partial charge is 0.508 e. The van der Waals surface area contributed by atoms with E-state index in [1.807, 2.05) is 85.5 Å². The molecule has 58 heavy (non-hydrogen) atoms. The molecule has 1 aliphatic rings. The van der Waals surface area contributed by atoms with E-state index in [9.17, 15) is 29.1 Å². The normalized spacial score (nSPS) is 13.3. The molecule has 0 bridgehead atoms. The first-order valence-corrected chi connectivity index (χ1v) is 19.1. The van der Waals surface area contributed by atoms with Crippen LogP contribution in [0, 0.1) is 13.8 Å². The van der Waals surface area contributed by atoms with Gasteiger partial charge in [-0.3, -0.25) is 24.0 Å². The molecule has 14 heteroatoms. The number of hydrogen-bond donors (Lipinski definition) is 7. The number of benzene rings is 4. The van der Waals surface area contributed by atoms with E-state index in [-0.39, 0.29) is 54.4 Å². The Labute approximate surface area is 339 Å². The van der Waals surface area contributed by atoms with E-state index < -0.39 is 6.04 Å². The van der Waals surface area contributed by atoms with Crippen molar-refractivity contribution in [3.05, 3.63) is 130 Å². The number of aromatic hydroxyl groups is 1. The van der Waals surface area contributed by atoms with Gasteiger partial charge < -0.3 is 42.0 Å². The van der Waals surface area contributed by atoms with Gasteiger partial charge in [-0.2, -0.15) is 0 Å². The molecule has 8 N–H and O–H groups in total. The first-order valence-electron chi connectivity index (χ1n) is 19.1. The highest BCUT2D eigenvalue weighted by atomic mass is 16.3. The van der Waals surface area contributed by atoms with E-state index in [2.05, 4.69) is 50.3 Å². The van der Waals surface area contributed by atoms with Crippen molar-refractivity contribution >= 4 is 40.6 Å². The Kier molecular flexibility index (Phi) is 16.5. The van der Waals surface area contributed by atoms with Gasteiger partial charge in [-0.15, -0.1) is 0 Å². The molecule has 0 saturated carbocycles. The van der Waals surface area contributed by atoms with Crippen LogP contribution in [0.4, 0.5) is 0 Å². The zero-order valence-electron chi connectivity index (χ0n) is 33.7. The summed E-state index contributed by atoms with van der Waals surface area (Å²) in [5, 5.41) is 19.9. The third kappa shape index (κ3) is 13.9. The molecular weight excluding hydrogens is 737 g/mol. The number of nitrogens with one attached hydrogen (secondary N) is 5. The van der Waals surface area contributed by atoms with Crippen LogP contribution in [-0.4, -0.2) is 74.7 Å². The van der Waals surface area contributed by atoms with Gasteiger partial charge in [0.25, 0.3) is 0 Å². The number of phenolic OH excluding ortho intramolecular Hbond substituents is 1. The maximum atomic E-state index is 13.0. The van der Waals surface area contributed by atoms with E-state index in [1.165, 1.54) is 25.0 Å². The number of H-pyrrole nitrogens is 1. The fraction of sp³-hybridized carbons (Fsp3) is 0.318. The second-order valence-electron chi connectivity index (χ2n) is 14.2. The summed E-state index contributed by atoms with van der Waals surface area (Å²) >= 11 is 0. The second kappa shape index (κ2) is 21.7. The number of aryl methyl sites for hydroxylation is 2. The molecule has 1 aromatic heterocycles. The number of phenols is 1. The van der Waals surface area contributed by atoms with E-state index in [0.717, 1.165) is 39.7 Å². The SMILES string of the molecule is CC(=O)NCC(=O)NCc1ccccc1.CC(=O)NCC(=O)NCc1nc2ccccc2[nH]1.Cc1cc(O)cc(C)c1CC(N)C(=O)N1Cc2ccccc2CC1C. The Balaban J connectivity index is 0.000000200. The number of nitrogens with zero attached hydrogens (tertiary/aromatic N) is 2. The number of amides is 5. The highest BCUT2D eigenvalue weighted by molar-refractivity contribution is 5.84. The Morgan fingerprint density at radius 3 is 1.95 bits per heavy atom. The van der Waals surface area contributed by atoms with Gasteiger partial charge in [0.05, 0.1) is 36.7 Å². The maximum Gasteiger partial charge on any atom is 0.240 e. The van der Waals surface area contributed by atoms with Gasteiger partial charge in [-0.1, -0.05) is 66.7 Å². The van der Waals surface area contributed by atoms with Crippen LogP contribution in [0.15, 0.2) is 91.0 Å². The lowest BCUT2D eigenvalue weighted by atomic mass is 9.92.